The van der Waals surface area contributed by atoms with Crippen LogP contribution in [0.4, 0.5) is 5.69 Å². The normalized spacial score (nSPS) is 15.1. The van der Waals surface area contributed by atoms with E-state index in [2.05, 4.69) is 33.4 Å². The lowest BCUT2D eigenvalue weighted by atomic mass is 10.1. The van der Waals surface area contributed by atoms with Gasteiger partial charge in [0.15, 0.2) is 5.11 Å². The predicted octanol–water partition coefficient (Wildman–Crippen LogP) is 3.57. The topological polar surface area (TPSA) is 88.0 Å². The van der Waals surface area contributed by atoms with Gasteiger partial charge in [-0.3, -0.25) is 5.43 Å². The molecule has 0 spiro atoms. The summed E-state index contributed by atoms with van der Waals surface area (Å²) in [4.78, 5) is 0.270. The van der Waals surface area contributed by atoms with Crippen LogP contribution in [0.2, 0.25) is 0 Å². The molecule has 2 heterocycles. The molecule has 0 aliphatic carbocycles. The summed E-state index contributed by atoms with van der Waals surface area (Å²) in [7, 11) is -3.59. The molecule has 1 aromatic heterocycles. The summed E-state index contributed by atoms with van der Waals surface area (Å²) in [6, 6.07) is 13.3. The molecule has 8 nitrogen and oxygen atoms in total. The zero-order valence-electron chi connectivity index (χ0n) is 19.3. The van der Waals surface area contributed by atoms with Gasteiger partial charge in [0.2, 0.25) is 10.0 Å². The second-order valence-corrected chi connectivity index (χ2v) is 10.3. The molecule has 0 atom stereocenters. The van der Waals surface area contributed by atoms with Crippen LogP contribution in [-0.2, 0) is 27.7 Å². The first-order valence-corrected chi connectivity index (χ1v) is 13.2. The van der Waals surface area contributed by atoms with Gasteiger partial charge in [0.05, 0.1) is 24.3 Å². The van der Waals surface area contributed by atoms with E-state index in [9.17, 15) is 8.42 Å². The van der Waals surface area contributed by atoms with E-state index >= 15 is 0 Å². The molecule has 2 aromatic carbocycles. The lowest BCUT2D eigenvalue weighted by Gasteiger charge is -2.26. The summed E-state index contributed by atoms with van der Waals surface area (Å²) in [5.74, 6) is 0. The summed E-state index contributed by atoms with van der Waals surface area (Å²) < 4.78 is 35.1. The molecular formula is C24H29N5O3S2. The number of morpholine rings is 1. The van der Waals surface area contributed by atoms with Crippen molar-refractivity contribution in [3.05, 3.63) is 59.8 Å². The monoisotopic (exact) mass is 499 g/mol. The van der Waals surface area contributed by atoms with Gasteiger partial charge in [-0.15, -0.1) is 0 Å². The largest absolute Gasteiger partial charge is 0.379 e. The Hall–Kier alpha value is -2.79. The van der Waals surface area contributed by atoms with Crippen LogP contribution in [0.15, 0.2) is 58.7 Å². The Kier molecular flexibility index (Phi) is 7.62. The van der Waals surface area contributed by atoms with Crippen molar-refractivity contribution in [2.75, 3.05) is 31.6 Å². The molecule has 2 N–H and O–H groups in total. The number of hydrazone groups is 1. The first-order valence-electron chi connectivity index (χ1n) is 11.3. The molecule has 0 bridgehead atoms. The van der Waals surface area contributed by atoms with Crippen LogP contribution in [0.3, 0.4) is 0 Å². The van der Waals surface area contributed by atoms with E-state index in [4.69, 9.17) is 17.0 Å². The Balaban J connectivity index is 1.54. The maximum Gasteiger partial charge on any atom is 0.243 e. The number of benzene rings is 2. The van der Waals surface area contributed by atoms with E-state index in [1.54, 1.807) is 18.3 Å². The van der Waals surface area contributed by atoms with Gasteiger partial charge in [-0.1, -0.05) is 19.1 Å². The van der Waals surface area contributed by atoms with Crippen LogP contribution in [0.25, 0.3) is 10.9 Å². The Labute approximate surface area is 205 Å². The number of sulfonamides is 1. The highest BCUT2D eigenvalue weighted by Crippen LogP contribution is 2.26. The maximum absolute atomic E-state index is 13.1. The molecule has 180 valence electrons. The van der Waals surface area contributed by atoms with Crippen molar-refractivity contribution in [2.24, 2.45) is 5.10 Å². The Morgan fingerprint density at radius 3 is 2.71 bits per heavy atom. The molecule has 3 aromatic rings. The predicted molar refractivity (Wildman–Crippen MR) is 140 cm³/mol. The molecular weight excluding hydrogens is 470 g/mol. The lowest BCUT2D eigenvalue weighted by Crippen LogP contribution is -2.40. The van der Waals surface area contributed by atoms with Crippen LogP contribution in [0, 0.1) is 0 Å². The molecule has 34 heavy (non-hydrogen) atoms. The molecule has 0 amide bonds. The zero-order chi connectivity index (χ0) is 24.1. The second-order valence-electron chi connectivity index (χ2n) is 7.94. The van der Waals surface area contributed by atoms with E-state index in [0.29, 0.717) is 31.4 Å². The van der Waals surface area contributed by atoms with Crippen molar-refractivity contribution in [2.45, 2.75) is 31.7 Å². The highest BCUT2D eigenvalue weighted by atomic mass is 32.2. The fourth-order valence-corrected chi connectivity index (χ4v) is 5.56. The summed E-state index contributed by atoms with van der Waals surface area (Å²) in [6.07, 6.45) is 4.57. The minimum atomic E-state index is -3.59. The van der Waals surface area contributed by atoms with Gasteiger partial charge >= 0.3 is 0 Å². The molecule has 1 fully saturated rings. The number of rotatable bonds is 7. The van der Waals surface area contributed by atoms with Crippen LogP contribution in [0.1, 0.15) is 25.0 Å². The number of hydrogen-bond acceptors (Lipinski definition) is 5. The second kappa shape index (κ2) is 10.6. The van der Waals surface area contributed by atoms with E-state index in [0.717, 1.165) is 35.1 Å². The number of anilines is 1. The number of fused-ring (bicyclic) bond motifs is 1. The van der Waals surface area contributed by atoms with Gasteiger partial charge in [0, 0.05) is 48.0 Å². The van der Waals surface area contributed by atoms with Crippen LogP contribution < -0.4 is 10.7 Å². The van der Waals surface area contributed by atoms with Gasteiger partial charge in [0.25, 0.3) is 0 Å². The number of ether oxygens (including phenoxy) is 1. The number of thiocarbonyl (C=S) groups is 1. The molecule has 0 radical (unpaired) electrons. The molecule has 0 unspecified atom stereocenters. The summed E-state index contributed by atoms with van der Waals surface area (Å²) >= 11 is 5.36. The maximum atomic E-state index is 13.1. The molecule has 0 saturated carbocycles. The smallest absolute Gasteiger partial charge is 0.243 e. The highest BCUT2D eigenvalue weighted by Gasteiger charge is 2.27. The fraction of sp³-hybridized carbons (Fsp3) is 0.333. The molecule has 1 saturated heterocycles. The minimum absolute atomic E-state index is 0.270. The van der Waals surface area contributed by atoms with Gasteiger partial charge in [-0.2, -0.15) is 9.41 Å². The summed E-state index contributed by atoms with van der Waals surface area (Å²) in [6.45, 7) is 6.44. The van der Waals surface area contributed by atoms with Crippen LogP contribution >= 0.6 is 12.2 Å². The summed E-state index contributed by atoms with van der Waals surface area (Å²) in [5, 5.41) is 8.61. The van der Waals surface area contributed by atoms with Crippen molar-refractivity contribution in [3.63, 3.8) is 0 Å². The van der Waals surface area contributed by atoms with Gasteiger partial charge in [-0.25, -0.2) is 8.42 Å². The third-order valence-electron chi connectivity index (χ3n) is 5.79. The zero-order valence-corrected chi connectivity index (χ0v) is 21.0. The number of nitrogens with one attached hydrogen (secondary N) is 2. The average molecular weight is 500 g/mol. The standard InChI is InChI=1S/C24H29N5O3S2/c1-3-18-6-5-7-20(14-18)26-24(33)27-25-16-19-17-28(4-2)23-9-8-21(15-22(19)23)34(30,31)29-10-12-32-13-11-29/h5-9,14-17H,3-4,10-13H2,1-2H3,(H2,26,27,33). The molecule has 1 aliphatic heterocycles. The van der Waals surface area contributed by atoms with Gasteiger partial charge in [-0.05, 0) is 61.5 Å². The average Bonchev–Trinajstić information content (AvgIpc) is 3.21. The number of aromatic nitrogens is 1. The van der Waals surface area contributed by atoms with Crippen molar-refractivity contribution in [3.8, 4) is 0 Å². The van der Waals surface area contributed by atoms with Gasteiger partial charge < -0.3 is 14.6 Å². The quantitative estimate of drug-likeness (QED) is 0.294. The van der Waals surface area contributed by atoms with Crippen molar-refractivity contribution in [1.82, 2.24) is 14.3 Å². The first-order chi connectivity index (χ1) is 16.4. The molecule has 4 rings (SSSR count). The fourth-order valence-electron chi connectivity index (χ4n) is 3.95. The van der Waals surface area contributed by atoms with Crippen LogP contribution in [0.5, 0.6) is 0 Å². The van der Waals surface area contributed by atoms with Crippen molar-refractivity contribution in [1.29, 1.82) is 0 Å². The Bertz CT molecular complexity index is 1310. The first kappa shape index (κ1) is 24.3. The van der Waals surface area contributed by atoms with Crippen molar-refractivity contribution < 1.29 is 13.2 Å². The summed E-state index contributed by atoms with van der Waals surface area (Å²) in [5.41, 5.74) is 6.71. The number of aryl methyl sites for hydroxylation is 2. The minimum Gasteiger partial charge on any atom is -0.379 e. The molecule has 1 aliphatic rings. The van der Waals surface area contributed by atoms with E-state index in [-0.39, 0.29) is 4.90 Å². The van der Waals surface area contributed by atoms with E-state index < -0.39 is 10.0 Å². The molecule has 10 heteroatoms. The SMILES string of the molecule is CCc1cccc(NC(=S)NN=Cc2cn(CC)c3ccc(S(=O)(=O)N4CCOCC4)cc23)c1. The van der Waals surface area contributed by atoms with Crippen molar-refractivity contribution >= 4 is 50.2 Å². The third-order valence-corrected chi connectivity index (χ3v) is 7.88. The Morgan fingerprint density at radius 1 is 1.18 bits per heavy atom. The van der Waals surface area contributed by atoms with E-state index in [1.165, 1.54) is 9.87 Å². The van der Waals surface area contributed by atoms with Crippen LogP contribution in [-0.4, -0.2) is 54.9 Å². The Morgan fingerprint density at radius 2 is 1.97 bits per heavy atom. The van der Waals surface area contributed by atoms with Gasteiger partial charge in [0.1, 0.15) is 0 Å². The highest BCUT2D eigenvalue weighted by molar-refractivity contribution is 7.89. The number of nitrogens with zero attached hydrogens (tertiary/aromatic N) is 3. The van der Waals surface area contributed by atoms with E-state index in [1.807, 2.05) is 37.4 Å². The number of hydrogen-bond donors (Lipinski definition) is 2. The lowest BCUT2D eigenvalue weighted by molar-refractivity contribution is 0.0730. The third kappa shape index (κ3) is 5.30.